The quantitative estimate of drug-likeness (QED) is 0.722. The molecule has 2 amide bonds. The molecule has 0 spiro atoms. The minimum Gasteiger partial charge on any atom is -0.497 e. The Bertz CT molecular complexity index is 928. The summed E-state index contributed by atoms with van der Waals surface area (Å²) in [5.41, 5.74) is 2.12. The fourth-order valence-corrected chi connectivity index (χ4v) is 3.73. The number of carbonyl (C=O) groups excluding carboxylic acids is 2. The number of carbonyl (C=O) groups is 2. The standard InChI is InChI=1S/C23H28N2O5/c1-15-12-17(28-2)7-9-19(15)22(26)16-6-5-11-25(14-16)23(27)24-20-10-8-18(29-3)13-21(20)30-4/h7-10,12-13,16H,5-6,11,14H2,1-4H3,(H,24,27). The number of Topliss-reactive ketones (excluding diaryl/α,β-unsaturated/α-hetero) is 1. The number of ketones is 1. The summed E-state index contributed by atoms with van der Waals surface area (Å²) in [5, 5.41) is 2.89. The van der Waals surface area contributed by atoms with E-state index in [9.17, 15) is 9.59 Å². The topological polar surface area (TPSA) is 77.1 Å². The van der Waals surface area contributed by atoms with E-state index >= 15 is 0 Å². The van der Waals surface area contributed by atoms with Gasteiger partial charge in [-0.05, 0) is 55.7 Å². The molecule has 160 valence electrons. The summed E-state index contributed by atoms with van der Waals surface area (Å²) in [6.45, 7) is 2.89. The van der Waals surface area contributed by atoms with Crippen molar-refractivity contribution >= 4 is 17.5 Å². The molecular formula is C23H28N2O5. The number of aryl methyl sites for hydroxylation is 1. The van der Waals surface area contributed by atoms with Gasteiger partial charge in [0.25, 0.3) is 0 Å². The molecule has 0 bridgehead atoms. The molecular weight excluding hydrogens is 384 g/mol. The van der Waals surface area contributed by atoms with Gasteiger partial charge in [0.15, 0.2) is 5.78 Å². The smallest absolute Gasteiger partial charge is 0.321 e. The monoisotopic (exact) mass is 412 g/mol. The number of methoxy groups -OCH3 is 3. The molecule has 3 rings (SSSR count). The van der Waals surface area contributed by atoms with E-state index in [1.54, 1.807) is 49.5 Å². The van der Waals surface area contributed by atoms with Gasteiger partial charge >= 0.3 is 6.03 Å². The van der Waals surface area contributed by atoms with Crippen LogP contribution >= 0.6 is 0 Å². The summed E-state index contributed by atoms with van der Waals surface area (Å²) in [6, 6.07) is 10.4. The third-order valence-electron chi connectivity index (χ3n) is 5.43. The van der Waals surface area contributed by atoms with Crippen LogP contribution in [0, 0.1) is 12.8 Å². The molecule has 0 aromatic heterocycles. The predicted molar refractivity (Wildman–Crippen MR) is 115 cm³/mol. The van der Waals surface area contributed by atoms with E-state index in [1.807, 2.05) is 13.0 Å². The average molecular weight is 412 g/mol. The van der Waals surface area contributed by atoms with Crippen LogP contribution in [0.15, 0.2) is 36.4 Å². The molecule has 1 atom stereocenters. The molecule has 1 aliphatic rings. The van der Waals surface area contributed by atoms with Gasteiger partial charge in [-0.3, -0.25) is 4.79 Å². The molecule has 30 heavy (non-hydrogen) atoms. The van der Waals surface area contributed by atoms with Crippen LogP contribution in [0.3, 0.4) is 0 Å². The SMILES string of the molecule is COc1ccc(C(=O)C2CCCN(C(=O)Nc3ccc(OC)cc3OC)C2)c(C)c1. The van der Waals surface area contributed by atoms with Crippen molar-refractivity contribution in [3.8, 4) is 17.2 Å². The van der Waals surface area contributed by atoms with Gasteiger partial charge in [0, 0.05) is 30.6 Å². The molecule has 2 aromatic carbocycles. The van der Waals surface area contributed by atoms with Gasteiger partial charge in [0.1, 0.15) is 17.2 Å². The van der Waals surface area contributed by atoms with Gasteiger partial charge in [0.05, 0.1) is 27.0 Å². The summed E-state index contributed by atoms with van der Waals surface area (Å²) in [6.07, 6.45) is 1.54. The first-order chi connectivity index (χ1) is 14.5. The van der Waals surface area contributed by atoms with Crippen LogP contribution in [0.5, 0.6) is 17.2 Å². The summed E-state index contributed by atoms with van der Waals surface area (Å²) >= 11 is 0. The number of hydrogen-bond donors (Lipinski definition) is 1. The number of amides is 2. The molecule has 7 heteroatoms. The average Bonchev–Trinajstić information content (AvgIpc) is 2.78. The number of hydrogen-bond acceptors (Lipinski definition) is 5. The third-order valence-corrected chi connectivity index (χ3v) is 5.43. The van der Waals surface area contributed by atoms with Crippen LogP contribution in [-0.2, 0) is 0 Å². The number of benzene rings is 2. The Labute approximate surface area is 176 Å². The highest BCUT2D eigenvalue weighted by atomic mass is 16.5. The fraction of sp³-hybridized carbons (Fsp3) is 0.391. The number of ether oxygens (including phenoxy) is 3. The Morgan fingerprint density at radius 1 is 1.00 bits per heavy atom. The molecule has 2 aromatic rings. The highest BCUT2D eigenvalue weighted by Gasteiger charge is 2.30. The molecule has 0 radical (unpaired) electrons. The van der Waals surface area contributed by atoms with E-state index in [1.165, 1.54) is 7.11 Å². The number of likely N-dealkylation sites (tertiary alicyclic amines) is 1. The Hall–Kier alpha value is -3.22. The number of nitrogens with one attached hydrogen (secondary N) is 1. The van der Waals surface area contributed by atoms with E-state index in [0.29, 0.717) is 35.8 Å². The first kappa shape index (κ1) is 21.5. The zero-order chi connectivity index (χ0) is 21.7. The van der Waals surface area contributed by atoms with Crippen molar-refractivity contribution in [2.24, 2.45) is 5.92 Å². The van der Waals surface area contributed by atoms with E-state index in [2.05, 4.69) is 5.32 Å². The van der Waals surface area contributed by atoms with Crippen molar-refractivity contribution in [1.29, 1.82) is 0 Å². The maximum atomic E-state index is 13.1. The Kier molecular flexibility index (Phi) is 6.82. The normalized spacial score (nSPS) is 16.0. The van der Waals surface area contributed by atoms with Gasteiger partial charge in [0.2, 0.25) is 0 Å². The summed E-state index contributed by atoms with van der Waals surface area (Å²) < 4.78 is 15.8. The number of rotatable bonds is 6. The van der Waals surface area contributed by atoms with Crippen molar-refractivity contribution in [2.75, 3.05) is 39.7 Å². The summed E-state index contributed by atoms with van der Waals surface area (Å²) in [4.78, 5) is 27.6. The van der Waals surface area contributed by atoms with E-state index in [-0.39, 0.29) is 17.7 Å². The number of anilines is 1. The van der Waals surface area contributed by atoms with Gasteiger partial charge < -0.3 is 24.4 Å². The van der Waals surface area contributed by atoms with Crippen molar-refractivity contribution in [3.63, 3.8) is 0 Å². The highest BCUT2D eigenvalue weighted by Crippen LogP contribution is 2.30. The highest BCUT2D eigenvalue weighted by molar-refractivity contribution is 6.00. The minimum absolute atomic E-state index is 0.0645. The van der Waals surface area contributed by atoms with Gasteiger partial charge in [-0.1, -0.05) is 0 Å². The maximum absolute atomic E-state index is 13.1. The number of urea groups is 1. The van der Waals surface area contributed by atoms with Crippen molar-refractivity contribution in [3.05, 3.63) is 47.5 Å². The van der Waals surface area contributed by atoms with Crippen LogP contribution in [0.4, 0.5) is 10.5 Å². The summed E-state index contributed by atoms with van der Waals surface area (Å²) in [5.74, 6) is 1.72. The van der Waals surface area contributed by atoms with Crippen LogP contribution in [-0.4, -0.2) is 51.1 Å². The third kappa shape index (κ3) is 4.67. The molecule has 1 N–H and O–H groups in total. The summed E-state index contributed by atoms with van der Waals surface area (Å²) in [7, 11) is 4.71. The Balaban J connectivity index is 1.70. The van der Waals surface area contributed by atoms with Crippen LogP contribution < -0.4 is 19.5 Å². The second kappa shape index (κ2) is 9.52. The van der Waals surface area contributed by atoms with Gasteiger partial charge in [-0.15, -0.1) is 0 Å². The Morgan fingerprint density at radius 2 is 1.70 bits per heavy atom. The molecule has 0 aliphatic carbocycles. The minimum atomic E-state index is -0.248. The zero-order valence-corrected chi connectivity index (χ0v) is 17.9. The second-order valence-electron chi connectivity index (χ2n) is 7.33. The second-order valence-corrected chi connectivity index (χ2v) is 7.33. The molecule has 1 unspecified atom stereocenters. The molecule has 1 saturated heterocycles. The predicted octanol–water partition coefficient (Wildman–Crippen LogP) is 4.15. The van der Waals surface area contributed by atoms with Crippen molar-refractivity contribution < 1.29 is 23.8 Å². The zero-order valence-electron chi connectivity index (χ0n) is 17.9. The fourth-order valence-electron chi connectivity index (χ4n) is 3.73. The van der Waals surface area contributed by atoms with Crippen molar-refractivity contribution in [2.45, 2.75) is 19.8 Å². The first-order valence-corrected chi connectivity index (χ1v) is 9.93. The van der Waals surface area contributed by atoms with E-state index in [0.717, 1.165) is 24.2 Å². The molecule has 1 fully saturated rings. The van der Waals surface area contributed by atoms with Crippen molar-refractivity contribution in [1.82, 2.24) is 4.90 Å². The van der Waals surface area contributed by atoms with E-state index in [4.69, 9.17) is 14.2 Å². The molecule has 7 nitrogen and oxygen atoms in total. The van der Waals surface area contributed by atoms with E-state index < -0.39 is 0 Å². The van der Waals surface area contributed by atoms with Gasteiger partial charge in [-0.2, -0.15) is 0 Å². The molecule has 1 aliphatic heterocycles. The number of nitrogens with zero attached hydrogens (tertiary/aromatic N) is 1. The lowest BCUT2D eigenvalue weighted by Crippen LogP contribution is -2.44. The molecule has 0 saturated carbocycles. The molecule has 1 heterocycles. The lowest BCUT2D eigenvalue weighted by Gasteiger charge is -2.32. The van der Waals surface area contributed by atoms with Gasteiger partial charge in [-0.25, -0.2) is 4.79 Å². The van der Waals surface area contributed by atoms with Crippen LogP contribution in [0.25, 0.3) is 0 Å². The first-order valence-electron chi connectivity index (χ1n) is 9.93. The van der Waals surface area contributed by atoms with Crippen LogP contribution in [0.1, 0.15) is 28.8 Å². The maximum Gasteiger partial charge on any atom is 0.321 e. The lowest BCUT2D eigenvalue weighted by molar-refractivity contribution is 0.0851. The lowest BCUT2D eigenvalue weighted by atomic mass is 9.88. The largest absolute Gasteiger partial charge is 0.497 e. The number of piperidine rings is 1. The Morgan fingerprint density at radius 3 is 2.37 bits per heavy atom. The van der Waals surface area contributed by atoms with Crippen LogP contribution in [0.2, 0.25) is 0 Å².